The average molecular weight is 380 g/mol. The van der Waals surface area contributed by atoms with Crippen LogP contribution in [0.4, 0.5) is 5.69 Å². The van der Waals surface area contributed by atoms with E-state index < -0.39 is 10.0 Å². The van der Waals surface area contributed by atoms with Gasteiger partial charge >= 0.3 is 0 Å². The molecule has 0 bridgehead atoms. The number of hydrogen-bond donors (Lipinski definition) is 2. The number of aromatic nitrogens is 2. The number of fused-ring (bicyclic) bond motifs is 1. The standard InChI is InChI=1S/C17H18ClN3O3S/c1-11-14(18)4-3-5-17(11)25(23,24)20-13-6-7-15-16(10-13)21(8-9-22)12(2)19-15/h3-7,10,20,22H,8-9H2,1-2H3. The molecule has 0 fully saturated rings. The summed E-state index contributed by atoms with van der Waals surface area (Å²) in [5.74, 6) is 0.759. The first kappa shape index (κ1) is 17.7. The maximum absolute atomic E-state index is 12.7. The lowest BCUT2D eigenvalue weighted by Crippen LogP contribution is -2.14. The molecular formula is C17H18ClN3O3S. The predicted molar refractivity (Wildman–Crippen MR) is 98.6 cm³/mol. The van der Waals surface area contributed by atoms with Crippen molar-refractivity contribution in [2.75, 3.05) is 11.3 Å². The minimum absolute atomic E-state index is 0.0238. The van der Waals surface area contributed by atoms with Crippen molar-refractivity contribution < 1.29 is 13.5 Å². The lowest BCUT2D eigenvalue weighted by atomic mass is 10.2. The van der Waals surface area contributed by atoms with Gasteiger partial charge in [-0.15, -0.1) is 0 Å². The summed E-state index contributed by atoms with van der Waals surface area (Å²) < 4.78 is 29.8. The van der Waals surface area contributed by atoms with Gasteiger partial charge in [0, 0.05) is 11.6 Å². The van der Waals surface area contributed by atoms with Crippen LogP contribution < -0.4 is 4.72 Å². The van der Waals surface area contributed by atoms with E-state index in [0.717, 1.165) is 16.9 Å². The molecule has 0 aliphatic heterocycles. The molecule has 0 unspecified atom stereocenters. The molecule has 132 valence electrons. The Balaban J connectivity index is 2.02. The van der Waals surface area contributed by atoms with Gasteiger partial charge in [0.1, 0.15) is 5.82 Å². The highest BCUT2D eigenvalue weighted by molar-refractivity contribution is 7.92. The topological polar surface area (TPSA) is 84.2 Å². The Hall–Kier alpha value is -2.09. The fraction of sp³-hybridized carbons (Fsp3) is 0.235. The summed E-state index contributed by atoms with van der Waals surface area (Å²) in [6.45, 7) is 3.88. The van der Waals surface area contributed by atoms with Crippen LogP contribution in [0.15, 0.2) is 41.3 Å². The highest BCUT2D eigenvalue weighted by atomic mass is 35.5. The van der Waals surface area contributed by atoms with Crippen molar-refractivity contribution in [2.24, 2.45) is 0 Å². The van der Waals surface area contributed by atoms with Crippen LogP contribution in [0.25, 0.3) is 11.0 Å². The van der Waals surface area contributed by atoms with E-state index in [1.807, 2.05) is 11.5 Å². The summed E-state index contributed by atoms with van der Waals surface area (Å²) in [5.41, 5.74) is 2.42. The zero-order valence-electron chi connectivity index (χ0n) is 13.8. The van der Waals surface area contributed by atoms with Gasteiger partial charge in [0.25, 0.3) is 10.0 Å². The molecule has 8 heteroatoms. The third-order valence-electron chi connectivity index (χ3n) is 4.02. The molecule has 3 aromatic rings. The lowest BCUT2D eigenvalue weighted by molar-refractivity contribution is 0.276. The predicted octanol–water partition coefficient (Wildman–Crippen LogP) is 3.10. The normalized spacial score (nSPS) is 11.8. The molecule has 6 nitrogen and oxygen atoms in total. The molecule has 0 amide bonds. The third kappa shape index (κ3) is 3.35. The first-order chi connectivity index (χ1) is 11.8. The second-order valence-electron chi connectivity index (χ2n) is 5.71. The number of sulfonamides is 1. The van der Waals surface area contributed by atoms with E-state index >= 15 is 0 Å². The first-order valence-corrected chi connectivity index (χ1v) is 9.55. The molecule has 3 rings (SSSR count). The fourth-order valence-electron chi connectivity index (χ4n) is 2.78. The molecule has 0 radical (unpaired) electrons. The van der Waals surface area contributed by atoms with E-state index in [0.29, 0.717) is 22.8 Å². The second kappa shape index (κ2) is 6.67. The van der Waals surface area contributed by atoms with Gasteiger partial charge in [-0.1, -0.05) is 17.7 Å². The minimum Gasteiger partial charge on any atom is -0.395 e. The van der Waals surface area contributed by atoms with Gasteiger partial charge in [0.15, 0.2) is 0 Å². The van der Waals surface area contributed by atoms with Gasteiger partial charge in [-0.05, 0) is 49.7 Å². The van der Waals surface area contributed by atoms with Gasteiger partial charge < -0.3 is 9.67 Å². The molecule has 1 heterocycles. The number of rotatable bonds is 5. The Bertz CT molecular complexity index is 1040. The quantitative estimate of drug-likeness (QED) is 0.713. The van der Waals surface area contributed by atoms with E-state index in [2.05, 4.69) is 9.71 Å². The summed E-state index contributed by atoms with van der Waals surface area (Å²) in [7, 11) is -3.77. The number of anilines is 1. The van der Waals surface area contributed by atoms with Crippen molar-refractivity contribution in [1.29, 1.82) is 0 Å². The molecule has 0 spiro atoms. The van der Waals surface area contributed by atoms with Gasteiger partial charge in [0.05, 0.1) is 28.2 Å². The van der Waals surface area contributed by atoms with Crippen molar-refractivity contribution in [3.63, 3.8) is 0 Å². The number of aliphatic hydroxyl groups excluding tert-OH is 1. The highest BCUT2D eigenvalue weighted by Gasteiger charge is 2.19. The molecular weight excluding hydrogens is 362 g/mol. The molecule has 1 aromatic heterocycles. The number of hydrogen-bond acceptors (Lipinski definition) is 4. The number of aryl methyl sites for hydroxylation is 1. The van der Waals surface area contributed by atoms with E-state index in [-0.39, 0.29) is 11.5 Å². The van der Waals surface area contributed by atoms with Crippen LogP contribution in [0.2, 0.25) is 5.02 Å². The van der Waals surface area contributed by atoms with Crippen LogP contribution in [-0.4, -0.2) is 29.7 Å². The van der Waals surface area contributed by atoms with Crippen LogP contribution in [0.5, 0.6) is 0 Å². The van der Waals surface area contributed by atoms with Crippen LogP contribution in [0, 0.1) is 13.8 Å². The fourth-order valence-corrected chi connectivity index (χ4v) is 4.33. The molecule has 2 N–H and O–H groups in total. The first-order valence-electron chi connectivity index (χ1n) is 7.69. The van der Waals surface area contributed by atoms with Crippen LogP contribution in [-0.2, 0) is 16.6 Å². The monoisotopic (exact) mass is 379 g/mol. The minimum atomic E-state index is -3.77. The van der Waals surface area contributed by atoms with Crippen molar-refractivity contribution in [1.82, 2.24) is 9.55 Å². The Morgan fingerprint density at radius 2 is 2.00 bits per heavy atom. The third-order valence-corrected chi connectivity index (χ3v) is 5.96. The smallest absolute Gasteiger partial charge is 0.262 e. The maximum atomic E-state index is 12.7. The van der Waals surface area contributed by atoms with Gasteiger partial charge in [-0.25, -0.2) is 13.4 Å². The van der Waals surface area contributed by atoms with E-state index in [9.17, 15) is 13.5 Å². The second-order valence-corrected chi connectivity index (χ2v) is 7.76. The summed E-state index contributed by atoms with van der Waals surface area (Å²) in [6, 6.07) is 9.89. The Kier molecular flexibility index (Phi) is 4.73. The largest absolute Gasteiger partial charge is 0.395 e. The lowest BCUT2D eigenvalue weighted by Gasteiger charge is -2.12. The van der Waals surface area contributed by atoms with Crippen LogP contribution in [0.3, 0.4) is 0 Å². The molecule has 0 saturated heterocycles. The number of nitrogens with zero attached hydrogens (tertiary/aromatic N) is 2. The molecule has 2 aromatic carbocycles. The molecule has 0 aliphatic rings. The van der Waals surface area contributed by atoms with E-state index in [1.165, 1.54) is 6.07 Å². The SMILES string of the molecule is Cc1c(Cl)cccc1S(=O)(=O)Nc1ccc2nc(C)n(CCO)c2c1. The Labute approximate surface area is 151 Å². The number of halogens is 1. The van der Waals surface area contributed by atoms with Gasteiger partial charge in [-0.2, -0.15) is 0 Å². The Morgan fingerprint density at radius 3 is 2.72 bits per heavy atom. The van der Waals surface area contributed by atoms with Crippen LogP contribution >= 0.6 is 11.6 Å². The Morgan fingerprint density at radius 1 is 1.24 bits per heavy atom. The summed E-state index contributed by atoms with van der Waals surface area (Å²) in [5, 5.41) is 9.61. The molecule has 0 atom stereocenters. The van der Waals surface area contributed by atoms with Crippen molar-refractivity contribution >= 4 is 38.3 Å². The van der Waals surface area contributed by atoms with Crippen LogP contribution in [0.1, 0.15) is 11.4 Å². The number of nitrogens with one attached hydrogen (secondary N) is 1. The average Bonchev–Trinajstić information content (AvgIpc) is 2.85. The van der Waals surface area contributed by atoms with E-state index in [4.69, 9.17) is 11.6 Å². The van der Waals surface area contributed by atoms with E-state index in [1.54, 1.807) is 37.3 Å². The summed E-state index contributed by atoms with van der Waals surface area (Å²) in [6.07, 6.45) is 0. The zero-order chi connectivity index (χ0) is 18.2. The van der Waals surface area contributed by atoms with Gasteiger partial charge in [0.2, 0.25) is 0 Å². The summed E-state index contributed by atoms with van der Waals surface area (Å²) >= 11 is 6.03. The number of imidazole rings is 1. The van der Waals surface area contributed by atoms with Crippen molar-refractivity contribution in [2.45, 2.75) is 25.3 Å². The maximum Gasteiger partial charge on any atom is 0.262 e. The number of benzene rings is 2. The highest BCUT2D eigenvalue weighted by Crippen LogP contribution is 2.26. The molecule has 25 heavy (non-hydrogen) atoms. The van der Waals surface area contributed by atoms with Crippen molar-refractivity contribution in [3.8, 4) is 0 Å². The summed E-state index contributed by atoms with van der Waals surface area (Å²) in [4.78, 5) is 4.55. The van der Waals surface area contributed by atoms with Gasteiger partial charge in [-0.3, -0.25) is 4.72 Å². The van der Waals surface area contributed by atoms with Crippen molar-refractivity contribution in [3.05, 3.63) is 52.8 Å². The zero-order valence-corrected chi connectivity index (χ0v) is 15.4. The number of aliphatic hydroxyl groups is 1. The molecule has 0 aliphatic carbocycles. The molecule has 0 saturated carbocycles.